The van der Waals surface area contributed by atoms with E-state index in [1.54, 1.807) is 5.48 Å². The molecule has 0 aliphatic carbocycles. The van der Waals surface area contributed by atoms with Crippen molar-refractivity contribution in [2.45, 2.75) is 37.8 Å². The fourth-order valence-corrected chi connectivity index (χ4v) is 2.72. The molecule has 0 bridgehead atoms. The molecule has 5 heteroatoms. The Morgan fingerprint density at radius 3 is 2.73 bits per heavy atom. The molecule has 2 heterocycles. The van der Waals surface area contributed by atoms with Gasteiger partial charge < -0.3 is 5.32 Å². The Morgan fingerprint density at radius 1 is 1.33 bits per heavy atom. The highest BCUT2D eigenvalue weighted by atomic mass is 16.5. The molecule has 2 aliphatic rings. The van der Waals surface area contributed by atoms with Crippen LogP contribution in [0.2, 0.25) is 0 Å². The van der Waals surface area contributed by atoms with Gasteiger partial charge >= 0.3 is 0 Å². The van der Waals surface area contributed by atoms with Crippen molar-refractivity contribution in [3.8, 4) is 0 Å². The van der Waals surface area contributed by atoms with Gasteiger partial charge in [0.15, 0.2) is 0 Å². The van der Waals surface area contributed by atoms with Gasteiger partial charge in [0.1, 0.15) is 0 Å². The van der Waals surface area contributed by atoms with E-state index in [0.29, 0.717) is 6.04 Å². The maximum atomic E-state index is 11.4. The maximum Gasteiger partial charge on any atom is 0.260 e. The smallest absolute Gasteiger partial charge is 0.260 e. The first-order valence-corrected chi connectivity index (χ1v) is 5.73. The van der Waals surface area contributed by atoms with Gasteiger partial charge in [-0.15, -0.1) is 0 Å². The van der Waals surface area contributed by atoms with Crippen LogP contribution < -0.4 is 10.8 Å². The number of likely N-dealkylation sites (tertiary alicyclic amines) is 1. The van der Waals surface area contributed by atoms with Crippen LogP contribution >= 0.6 is 0 Å². The maximum absolute atomic E-state index is 11.4. The number of nitrogens with one attached hydrogen (secondary N) is 2. The summed E-state index contributed by atoms with van der Waals surface area (Å²) in [6.07, 6.45) is 4.14. The van der Waals surface area contributed by atoms with Crippen molar-refractivity contribution in [1.82, 2.24) is 15.7 Å². The van der Waals surface area contributed by atoms with Crippen molar-refractivity contribution in [2.24, 2.45) is 0 Å². The molecule has 2 aliphatic heterocycles. The summed E-state index contributed by atoms with van der Waals surface area (Å²) in [6.45, 7) is 3.06. The van der Waals surface area contributed by atoms with E-state index in [0.717, 1.165) is 45.3 Å². The Kier molecular flexibility index (Phi) is 3.56. The molecule has 0 saturated carbocycles. The summed E-state index contributed by atoms with van der Waals surface area (Å²) in [5.41, 5.74) is 1.78. The topological polar surface area (TPSA) is 64.6 Å². The van der Waals surface area contributed by atoms with Crippen molar-refractivity contribution in [3.63, 3.8) is 0 Å². The van der Waals surface area contributed by atoms with E-state index in [1.807, 2.05) is 0 Å². The van der Waals surface area contributed by atoms with E-state index in [-0.39, 0.29) is 11.9 Å². The molecule has 5 nitrogen and oxygen atoms in total. The van der Waals surface area contributed by atoms with Crippen LogP contribution in [0.1, 0.15) is 25.7 Å². The van der Waals surface area contributed by atoms with Gasteiger partial charge in [-0.2, -0.15) is 0 Å². The molecule has 1 atom stereocenters. The van der Waals surface area contributed by atoms with Gasteiger partial charge in [-0.1, -0.05) is 0 Å². The second-order valence-corrected chi connectivity index (χ2v) is 4.35. The van der Waals surface area contributed by atoms with Gasteiger partial charge in [-0.25, -0.2) is 5.48 Å². The average Bonchev–Trinajstić information content (AvgIpc) is 2.78. The van der Waals surface area contributed by atoms with Gasteiger partial charge in [-0.3, -0.25) is 14.9 Å². The van der Waals surface area contributed by atoms with Crippen LogP contribution in [-0.2, 0) is 4.79 Å². The molecule has 0 spiro atoms. The molecule has 3 N–H and O–H groups in total. The number of carbonyl (C=O) groups is 1. The number of carbonyl (C=O) groups excluding carboxylic acids is 1. The molecule has 0 aromatic carbocycles. The normalized spacial score (nSPS) is 29.3. The number of piperidine rings is 1. The van der Waals surface area contributed by atoms with Crippen LogP contribution in [0.5, 0.6) is 0 Å². The largest absolute Gasteiger partial charge is 0.317 e. The Labute approximate surface area is 89.8 Å². The van der Waals surface area contributed by atoms with Gasteiger partial charge in [0.25, 0.3) is 5.91 Å². The van der Waals surface area contributed by atoms with Crippen LogP contribution in [0.3, 0.4) is 0 Å². The van der Waals surface area contributed by atoms with Gasteiger partial charge in [0.2, 0.25) is 0 Å². The molecular formula is C10H19N3O2. The summed E-state index contributed by atoms with van der Waals surface area (Å²) in [4.78, 5) is 13.7. The zero-order valence-corrected chi connectivity index (χ0v) is 8.91. The van der Waals surface area contributed by atoms with Crippen molar-refractivity contribution < 1.29 is 10.0 Å². The van der Waals surface area contributed by atoms with Gasteiger partial charge in [0, 0.05) is 6.04 Å². The van der Waals surface area contributed by atoms with Gasteiger partial charge in [-0.05, 0) is 45.3 Å². The Morgan fingerprint density at radius 2 is 2.07 bits per heavy atom. The SMILES string of the molecule is O=C(NO)C1CCCN1C1CCNCC1. The van der Waals surface area contributed by atoms with E-state index in [4.69, 9.17) is 5.21 Å². The van der Waals surface area contributed by atoms with Crippen LogP contribution in [0.25, 0.3) is 0 Å². The number of hydrogen-bond acceptors (Lipinski definition) is 4. The van der Waals surface area contributed by atoms with Crippen LogP contribution in [0.15, 0.2) is 0 Å². The quantitative estimate of drug-likeness (QED) is 0.435. The number of hydroxylamine groups is 1. The lowest BCUT2D eigenvalue weighted by atomic mass is 10.0. The van der Waals surface area contributed by atoms with Crippen LogP contribution in [0.4, 0.5) is 0 Å². The summed E-state index contributed by atoms with van der Waals surface area (Å²) in [5, 5.41) is 12.0. The van der Waals surface area contributed by atoms with Crippen molar-refractivity contribution in [3.05, 3.63) is 0 Å². The lowest BCUT2D eigenvalue weighted by Crippen LogP contribution is -2.50. The Hall–Kier alpha value is -0.650. The third-order valence-electron chi connectivity index (χ3n) is 3.48. The first kappa shape index (κ1) is 10.9. The first-order chi connectivity index (χ1) is 7.33. The second-order valence-electron chi connectivity index (χ2n) is 4.35. The van der Waals surface area contributed by atoms with Crippen molar-refractivity contribution in [2.75, 3.05) is 19.6 Å². The number of hydrogen-bond donors (Lipinski definition) is 3. The Balaban J connectivity index is 1.97. The molecule has 1 amide bonds. The third-order valence-corrected chi connectivity index (χ3v) is 3.48. The van der Waals surface area contributed by atoms with Crippen molar-refractivity contribution >= 4 is 5.91 Å². The summed E-state index contributed by atoms with van der Waals surface area (Å²) >= 11 is 0. The Bertz CT molecular complexity index is 229. The molecular weight excluding hydrogens is 194 g/mol. The van der Waals surface area contributed by atoms with Crippen molar-refractivity contribution in [1.29, 1.82) is 0 Å². The predicted octanol–water partition coefficient (Wildman–Crippen LogP) is -0.292. The second kappa shape index (κ2) is 4.92. The molecule has 0 aromatic heterocycles. The lowest BCUT2D eigenvalue weighted by Gasteiger charge is -2.34. The number of amides is 1. The van der Waals surface area contributed by atoms with Gasteiger partial charge in [0.05, 0.1) is 6.04 Å². The van der Waals surface area contributed by atoms with E-state index in [2.05, 4.69) is 10.2 Å². The minimum atomic E-state index is -0.244. The zero-order chi connectivity index (χ0) is 10.7. The van der Waals surface area contributed by atoms with E-state index in [1.165, 1.54) is 0 Å². The summed E-state index contributed by atoms with van der Waals surface area (Å²) in [7, 11) is 0. The zero-order valence-electron chi connectivity index (χ0n) is 8.91. The summed E-state index contributed by atoms with van der Waals surface area (Å²) in [5.74, 6) is -0.244. The monoisotopic (exact) mass is 213 g/mol. The number of nitrogens with zero attached hydrogens (tertiary/aromatic N) is 1. The predicted molar refractivity (Wildman–Crippen MR) is 55.5 cm³/mol. The standard InChI is InChI=1S/C10H19N3O2/c14-10(12-15)9-2-1-7-13(9)8-3-5-11-6-4-8/h8-9,11,15H,1-7H2,(H,12,14). The lowest BCUT2D eigenvalue weighted by molar-refractivity contribution is -0.134. The number of rotatable bonds is 2. The molecule has 0 radical (unpaired) electrons. The minimum Gasteiger partial charge on any atom is -0.317 e. The van der Waals surface area contributed by atoms with E-state index >= 15 is 0 Å². The fourth-order valence-electron chi connectivity index (χ4n) is 2.72. The molecule has 2 rings (SSSR count). The molecule has 2 fully saturated rings. The molecule has 86 valence electrons. The fraction of sp³-hybridized carbons (Fsp3) is 0.900. The van der Waals surface area contributed by atoms with Crippen LogP contribution in [-0.4, -0.2) is 47.7 Å². The summed E-state index contributed by atoms with van der Waals surface area (Å²) < 4.78 is 0. The van der Waals surface area contributed by atoms with E-state index in [9.17, 15) is 4.79 Å². The average molecular weight is 213 g/mol. The third kappa shape index (κ3) is 2.30. The molecule has 0 aromatic rings. The highest BCUT2D eigenvalue weighted by Gasteiger charge is 2.35. The molecule has 1 unspecified atom stereocenters. The van der Waals surface area contributed by atoms with Crippen LogP contribution in [0, 0.1) is 0 Å². The highest BCUT2D eigenvalue weighted by molar-refractivity contribution is 5.80. The van der Waals surface area contributed by atoms with E-state index < -0.39 is 0 Å². The minimum absolute atomic E-state index is 0.113. The molecule has 2 saturated heterocycles. The first-order valence-electron chi connectivity index (χ1n) is 5.73. The molecule has 15 heavy (non-hydrogen) atoms. The highest BCUT2D eigenvalue weighted by Crippen LogP contribution is 2.24. The summed E-state index contributed by atoms with van der Waals surface area (Å²) in [6, 6.07) is 0.397.